The lowest BCUT2D eigenvalue weighted by atomic mass is 10.4. The summed E-state index contributed by atoms with van der Waals surface area (Å²) in [4.78, 5) is 0.846. The van der Waals surface area contributed by atoms with Gasteiger partial charge < -0.3 is 0 Å². The zero-order valence-electron chi connectivity index (χ0n) is 7.15. The van der Waals surface area contributed by atoms with Crippen molar-refractivity contribution in [2.45, 2.75) is 49.3 Å². The molecule has 1 fully saturated rings. The van der Waals surface area contributed by atoms with Gasteiger partial charge in [0.25, 0.3) is 0 Å². The van der Waals surface area contributed by atoms with Crippen LogP contribution in [0.1, 0.15) is 19.3 Å². The van der Waals surface area contributed by atoms with E-state index < -0.39 is 8.07 Å². The second kappa shape index (κ2) is 2.98. The molecular formula is C8H17BrSi. The highest BCUT2D eigenvalue weighted by Crippen LogP contribution is 2.42. The molecule has 0 spiro atoms. The molecule has 1 rings (SSSR count). The molecule has 0 aromatic carbocycles. The maximum atomic E-state index is 3.78. The van der Waals surface area contributed by atoms with Gasteiger partial charge in [-0.3, -0.25) is 0 Å². The molecule has 1 aliphatic rings. The normalized spacial score (nSPS) is 34.8. The van der Waals surface area contributed by atoms with Crippen LogP contribution in [0.4, 0.5) is 0 Å². The Bertz CT molecular complexity index is 117. The zero-order valence-corrected chi connectivity index (χ0v) is 9.74. The van der Waals surface area contributed by atoms with Crippen LogP contribution in [0.3, 0.4) is 0 Å². The van der Waals surface area contributed by atoms with Gasteiger partial charge in [0.15, 0.2) is 0 Å². The van der Waals surface area contributed by atoms with Crippen LogP contribution in [-0.4, -0.2) is 12.9 Å². The summed E-state index contributed by atoms with van der Waals surface area (Å²) in [5.74, 6) is 0. The van der Waals surface area contributed by atoms with Crippen LogP contribution in [0.25, 0.3) is 0 Å². The van der Waals surface area contributed by atoms with Crippen LogP contribution in [0.2, 0.25) is 25.2 Å². The van der Waals surface area contributed by atoms with E-state index in [2.05, 4.69) is 35.6 Å². The first-order valence-electron chi connectivity index (χ1n) is 4.16. The Morgan fingerprint density at radius 3 is 2.00 bits per heavy atom. The lowest BCUT2D eigenvalue weighted by molar-refractivity contribution is 0.856. The number of hydrogen-bond acceptors (Lipinski definition) is 0. The summed E-state index contributed by atoms with van der Waals surface area (Å²) < 4.78 is 0. The molecule has 2 heteroatoms. The van der Waals surface area contributed by atoms with E-state index in [1.807, 2.05) is 0 Å². The highest BCUT2D eigenvalue weighted by atomic mass is 79.9. The van der Waals surface area contributed by atoms with E-state index in [0.29, 0.717) is 0 Å². The molecule has 0 radical (unpaired) electrons. The summed E-state index contributed by atoms with van der Waals surface area (Å²) in [7, 11) is -0.834. The smallest absolute Gasteiger partial charge is 0.0485 e. The van der Waals surface area contributed by atoms with Gasteiger partial charge in [-0.2, -0.15) is 0 Å². The lowest BCUT2D eigenvalue weighted by Gasteiger charge is -2.27. The van der Waals surface area contributed by atoms with Gasteiger partial charge in [-0.25, -0.2) is 0 Å². The summed E-state index contributed by atoms with van der Waals surface area (Å²) in [6.07, 6.45) is 4.34. The van der Waals surface area contributed by atoms with Crippen LogP contribution in [0.5, 0.6) is 0 Å². The molecule has 2 atom stereocenters. The zero-order chi connectivity index (χ0) is 7.78. The predicted octanol–water partition coefficient (Wildman–Crippen LogP) is 3.64. The van der Waals surface area contributed by atoms with Crippen molar-refractivity contribution in [1.82, 2.24) is 0 Å². The Morgan fingerprint density at radius 2 is 1.80 bits per heavy atom. The molecule has 0 saturated heterocycles. The average Bonchev–Trinajstić information content (AvgIpc) is 2.11. The Balaban J connectivity index is 2.55. The van der Waals surface area contributed by atoms with E-state index in [1.165, 1.54) is 19.3 Å². The maximum Gasteiger partial charge on any atom is 0.0485 e. The summed E-state index contributed by atoms with van der Waals surface area (Å²) in [5, 5.41) is 0. The number of halogens is 1. The van der Waals surface area contributed by atoms with Crippen molar-refractivity contribution in [3.05, 3.63) is 0 Å². The third-order valence-corrected chi connectivity index (χ3v) is 7.04. The van der Waals surface area contributed by atoms with Gasteiger partial charge >= 0.3 is 0 Å². The molecule has 0 nitrogen and oxygen atoms in total. The molecule has 2 unspecified atom stereocenters. The van der Waals surface area contributed by atoms with Gasteiger partial charge in [0.1, 0.15) is 0 Å². The molecule has 0 amide bonds. The summed E-state index contributed by atoms with van der Waals surface area (Å²) in [6.45, 7) is 7.45. The van der Waals surface area contributed by atoms with Gasteiger partial charge in [-0.15, -0.1) is 0 Å². The van der Waals surface area contributed by atoms with Crippen LogP contribution in [0, 0.1) is 0 Å². The van der Waals surface area contributed by atoms with Crippen LogP contribution >= 0.6 is 15.9 Å². The molecule has 0 aliphatic heterocycles. The Kier molecular flexibility index (Phi) is 2.62. The second-order valence-electron chi connectivity index (χ2n) is 4.42. The number of rotatable bonds is 1. The van der Waals surface area contributed by atoms with Gasteiger partial charge in [0, 0.05) is 12.9 Å². The summed E-state index contributed by atoms with van der Waals surface area (Å²) in [6, 6.07) is 0. The highest BCUT2D eigenvalue weighted by molar-refractivity contribution is 9.09. The quantitative estimate of drug-likeness (QED) is 0.468. The van der Waals surface area contributed by atoms with Crippen LogP contribution in [0.15, 0.2) is 0 Å². The van der Waals surface area contributed by atoms with E-state index >= 15 is 0 Å². The van der Waals surface area contributed by atoms with Gasteiger partial charge in [0.2, 0.25) is 0 Å². The first-order chi connectivity index (χ1) is 4.52. The molecule has 0 aromatic heterocycles. The fourth-order valence-electron chi connectivity index (χ4n) is 1.89. The minimum Gasteiger partial charge on any atom is -0.0891 e. The topological polar surface area (TPSA) is 0 Å². The minimum atomic E-state index is -0.834. The highest BCUT2D eigenvalue weighted by Gasteiger charge is 2.35. The largest absolute Gasteiger partial charge is 0.0891 e. The van der Waals surface area contributed by atoms with Crippen LogP contribution in [-0.2, 0) is 0 Å². The first kappa shape index (κ1) is 8.79. The van der Waals surface area contributed by atoms with Crippen molar-refractivity contribution in [3.63, 3.8) is 0 Å². The number of alkyl halides is 1. The van der Waals surface area contributed by atoms with E-state index in [-0.39, 0.29) is 0 Å². The lowest BCUT2D eigenvalue weighted by Crippen LogP contribution is -2.30. The Hall–Kier alpha value is 0.697. The SMILES string of the molecule is C[Si](C)(C)C1CCCC1Br. The molecule has 0 N–H and O–H groups in total. The molecule has 1 aliphatic carbocycles. The fourth-order valence-corrected chi connectivity index (χ4v) is 7.18. The Labute approximate surface area is 73.5 Å². The van der Waals surface area contributed by atoms with Gasteiger partial charge in [0.05, 0.1) is 0 Å². The first-order valence-corrected chi connectivity index (χ1v) is 8.65. The van der Waals surface area contributed by atoms with E-state index in [4.69, 9.17) is 0 Å². The van der Waals surface area contributed by atoms with Crippen molar-refractivity contribution >= 4 is 24.0 Å². The monoisotopic (exact) mass is 220 g/mol. The van der Waals surface area contributed by atoms with E-state index in [1.54, 1.807) is 0 Å². The number of hydrogen-bond donors (Lipinski definition) is 0. The van der Waals surface area contributed by atoms with Crippen molar-refractivity contribution in [2.75, 3.05) is 0 Å². The summed E-state index contributed by atoms with van der Waals surface area (Å²) in [5.41, 5.74) is 1.03. The molecule has 0 heterocycles. The molecule has 0 bridgehead atoms. The van der Waals surface area contributed by atoms with Gasteiger partial charge in [-0.05, 0) is 12.0 Å². The van der Waals surface area contributed by atoms with Gasteiger partial charge in [-0.1, -0.05) is 48.4 Å². The van der Waals surface area contributed by atoms with Crippen molar-refractivity contribution < 1.29 is 0 Å². The Morgan fingerprint density at radius 1 is 1.20 bits per heavy atom. The predicted molar refractivity (Wildman–Crippen MR) is 53.7 cm³/mol. The fraction of sp³-hybridized carbons (Fsp3) is 1.00. The van der Waals surface area contributed by atoms with Crippen molar-refractivity contribution in [1.29, 1.82) is 0 Å². The molecular weight excluding hydrogens is 204 g/mol. The van der Waals surface area contributed by atoms with E-state index in [9.17, 15) is 0 Å². The molecule has 0 aromatic rings. The minimum absolute atomic E-state index is 0.834. The standard InChI is InChI=1S/C8H17BrSi/c1-10(2,3)8-6-4-5-7(8)9/h7-8H,4-6H2,1-3H3. The van der Waals surface area contributed by atoms with Crippen molar-refractivity contribution in [3.8, 4) is 0 Å². The summed E-state index contributed by atoms with van der Waals surface area (Å²) >= 11 is 3.78. The maximum absolute atomic E-state index is 3.78. The molecule has 60 valence electrons. The van der Waals surface area contributed by atoms with E-state index in [0.717, 1.165) is 10.4 Å². The third-order valence-electron chi connectivity index (χ3n) is 2.54. The third kappa shape index (κ3) is 1.85. The molecule has 1 saturated carbocycles. The van der Waals surface area contributed by atoms with Crippen molar-refractivity contribution in [2.24, 2.45) is 0 Å². The molecule has 10 heavy (non-hydrogen) atoms. The second-order valence-corrected chi connectivity index (χ2v) is 11.1. The van der Waals surface area contributed by atoms with Crippen LogP contribution < -0.4 is 0 Å². The average molecular weight is 221 g/mol.